The van der Waals surface area contributed by atoms with Crippen molar-refractivity contribution in [2.24, 2.45) is 0 Å². The Bertz CT molecular complexity index is 547. The Morgan fingerprint density at radius 3 is 2.63 bits per heavy atom. The first kappa shape index (κ1) is 14.6. The van der Waals surface area contributed by atoms with Gasteiger partial charge in [0.2, 0.25) is 0 Å². The molecule has 102 valence electrons. The Balaban J connectivity index is 2.29. The van der Waals surface area contributed by atoms with E-state index in [4.69, 9.17) is 11.6 Å². The van der Waals surface area contributed by atoms with Crippen LogP contribution in [0.3, 0.4) is 0 Å². The average Bonchev–Trinajstić information content (AvgIpc) is 2.85. The molecule has 0 aliphatic heterocycles. The van der Waals surface area contributed by atoms with Gasteiger partial charge in [-0.05, 0) is 43.7 Å². The fourth-order valence-electron chi connectivity index (χ4n) is 2.20. The van der Waals surface area contributed by atoms with E-state index in [0.29, 0.717) is 6.04 Å². The van der Waals surface area contributed by atoms with E-state index < -0.39 is 0 Å². The molecular formula is C16H20ClNS. The quantitative estimate of drug-likeness (QED) is 0.774. The molecule has 1 N–H and O–H groups in total. The van der Waals surface area contributed by atoms with Crippen molar-refractivity contribution in [3.63, 3.8) is 0 Å². The third kappa shape index (κ3) is 3.38. The molecule has 2 rings (SSSR count). The lowest BCUT2D eigenvalue weighted by molar-refractivity contribution is 0.545. The van der Waals surface area contributed by atoms with E-state index in [1.54, 1.807) is 0 Å². The first-order chi connectivity index (χ1) is 9.15. The minimum Gasteiger partial charge on any atom is -0.310 e. The summed E-state index contributed by atoms with van der Waals surface area (Å²) in [6.45, 7) is 7.42. The van der Waals surface area contributed by atoms with E-state index in [2.05, 4.69) is 50.4 Å². The summed E-state index contributed by atoms with van der Waals surface area (Å²) in [7, 11) is 0. The van der Waals surface area contributed by atoms with Gasteiger partial charge < -0.3 is 5.32 Å². The van der Waals surface area contributed by atoms with E-state index >= 15 is 0 Å². The highest BCUT2D eigenvalue weighted by Crippen LogP contribution is 2.36. The number of aryl methyl sites for hydroxylation is 1. The van der Waals surface area contributed by atoms with Gasteiger partial charge in [0.25, 0.3) is 0 Å². The molecule has 1 unspecified atom stereocenters. The Morgan fingerprint density at radius 1 is 1.21 bits per heavy atom. The Labute approximate surface area is 124 Å². The summed E-state index contributed by atoms with van der Waals surface area (Å²) in [6, 6.07) is 11.1. The molecule has 0 aliphatic rings. The molecule has 1 nitrogen and oxygen atoms in total. The van der Waals surface area contributed by atoms with Gasteiger partial charge in [0.05, 0.1) is 0 Å². The van der Waals surface area contributed by atoms with Crippen LogP contribution in [0.25, 0.3) is 10.4 Å². The first-order valence-electron chi connectivity index (χ1n) is 6.75. The molecule has 2 aromatic rings. The van der Waals surface area contributed by atoms with E-state index in [1.165, 1.54) is 15.3 Å². The summed E-state index contributed by atoms with van der Waals surface area (Å²) in [5, 5.41) is 4.35. The van der Waals surface area contributed by atoms with Gasteiger partial charge in [-0.1, -0.05) is 37.6 Å². The number of thiophene rings is 1. The van der Waals surface area contributed by atoms with Crippen molar-refractivity contribution in [3.05, 3.63) is 45.8 Å². The van der Waals surface area contributed by atoms with Crippen LogP contribution < -0.4 is 5.32 Å². The molecule has 0 spiro atoms. The van der Waals surface area contributed by atoms with Gasteiger partial charge in [0.1, 0.15) is 0 Å². The summed E-state index contributed by atoms with van der Waals surface area (Å²) in [5.74, 6) is 0. The molecular weight excluding hydrogens is 274 g/mol. The molecule has 1 atom stereocenters. The second kappa shape index (κ2) is 6.56. The fourth-order valence-corrected chi connectivity index (χ4v) is 3.80. The lowest BCUT2D eigenvalue weighted by atomic mass is 10.1. The predicted molar refractivity (Wildman–Crippen MR) is 86.2 cm³/mol. The van der Waals surface area contributed by atoms with E-state index in [9.17, 15) is 0 Å². The van der Waals surface area contributed by atoms with Gasteiger partial charge >= 0.3 is 0 Å². The normalized spacial score (nSPS) is 12.6. The predicted octanol–water partition coefficient (Wildman–Crippen LogP) is 5.44. The van der Waals surface area contributed by atoms with Gasteiger partial charge in [-0.25, -0.2) is 0 Å². The van der Waals surface area contributed by atoms with Gasteiger partial charge in [0, 0.05) is 26.4 Å². The zero-order valence-electron chi connectivity index (χ0n) is 11.7. The number of hydrogen-bond acceptors (Lipinski definition) is 2. The lowest BCUT2D eigenvalue weighted by Crippen LogP contribution is -2.18. The number of nitrogens with one attached hydrogen (secondary N) is 1. The molecule has 0 radical (unpaired) electrons. The van der Waals surface area contributed by atoms with Gasteiger partial charge in [-0.3, -0.25) is 0 Å². The van der Waals surface area contributed by atoms with Gasteiger partial charge in [0.15, 0.2) is 0 Å². The van der Waals surface area contributed by atoms with Crippen LogP contribution in [0.5, 0.6) is 0 Å². The number of halogens is 1. The summed E-state index contributed by atoms with van der Waals surface area (Å²) < 4.78 is 0. The standard InChI is InChI=1S/C16H20ClNS/c1-4-14(18-5-2)16-9-8-15(19-16)12-7-6-11(3)10-13(12)17/h6-10,14,18H,4-5H2,1-3H3. The molecule has 0 fully saturated rings. The van der Waals surface area contributed by atoms with E-state index in [1.807, 2.05) is 17.4 Å². The third-order valence-electron chi connectivity index (χ3n) is 3.22. The highest BCUT2D eigenvalue weighted by molar-refractivity contribution is 7.15. The average molecular weight is 294 g/mol. The van der Waals surface area contributed by atoms with Crippen LogP contribution in [-0.2, 0) is 0 Å². The van der Waals surface area contributed by atoms with Crippen molar-refractivity contribution < 1.29 is 0 Å². The zero-order chi connectivity index (χ0) is 13.8. The highest BCUT2D eigenvalue weighted by atomic mass is 35.5. The molecule has 1 aromatic heterocycles. The van der Waals surface area contributed by atoms with Crippen molar-refractivity contribution in [3.8, 4) is 10.4 Å². The summed E-state index contributed by atoms with van der Waals surface area (Å²) in [5.41, 5.74) is 2.33. The maximum Gasteiger partial charge on any atom is 0.0495 e. The van der Waals surface area contributed by atoms with Crippen molar-refractivity contribution >= 4 is 22.9 Å². The van der Waals surface area contributed by atoms with Crippen LogP contribution in [0.2, 0.25) is 5.02 Å². The molecule has 0 bridgehead atoms. The smallest absolute Gasteiger partial charge is 0.0495 e. The first-order valence-corrected chi connectivity index (χ1v) is 7.94. The molecule has 0 amide bonds. The zero-order valence-corrected chi connectivity index (χ0v) is 13.2. The van der Waals surface area contributed by atoms with Crippen molar-refractivity contribution in [1.82, 2.24) is 5.32 Å². The summed E-state index contributed by atoms with van der Waals surface area (Å²) in [4.78, 5) is 2.63. The summed E-state index contributed by atoms with van der Waals surface area (Å²) >= 11 is 8.17. The van der Waals surface area contributed by atoms with Crippen molar-refractivity contribution in [1.29, 1.82) is 0 Å². The maximum atomic E-state index is 6.34. The van der Waals surface area contributed by atoms with Crippen LogP contribution >= 0.6 is 22.9 Å². The molecule has 19 heavy (non-hydrogen) atoms. The highest BCUT2D eigenvalue weighted by Gasteiger charge is 2.12. The Morgan fingerprint density at radius 2 is 2.00 bits per heavy atom. The van der Waals surface area contributed by atoms with Crippen LogP contribution in [0.15, 0.2) is 30.3 Å². The fraction of sp³-hybridized carbons (Fsp3) is 0.375. The lowest BCUT2D eigenvalue weighted by Gasteiger charge is -2.13. The number of rotatable bonds is 5. The largest absolute Gasteiger partial charge is 0.310 e. The summed E-state index contributed by atoms with van der Waals surface area (Å²) in [6.07, 6.45) is 1.11. The molecule has 3 heteroatoms. The SMILES string of the molecule is CCNC(CC)c1ccc(-c2ccc(C)cc2Cl)s1. The molecule has 0 aliphatic carbocycles. The van der Waals surface area contributed by atoms with Crippen LogP contribution in [0.4, 0.5) is 0 Å². The molecule has 0 saturated heterocycles. The molecule has 1 heterocycles. The van der Waals surface area contributed by atoms with E-state index in [-0.39, 0.29) is 0 Å². The van der Waals surface area contributed by atoms with Crippen molar-refractivity contribution in [2.45, 2.75) is 33.2 Å². The third-order valence-corrected chi connectivity index (χ3v) is 4.76. The molecule has 0 saturated carbocycles. The van der Waals surface area contributed by atoms with Crippen LogP contribution in [0.1, 0.15) is 36.8 Å². The maximum absolute atomic E-state index is 6.34. The van der Waals surface area contributed by atoms with Crippen LogP contribution in [0, 0.1) is 6.92 Å². The topological polar surface area (TPSA) is 12.0 Å². The minimum atomic E-state index is 0.452. The Hall–Kier alpha value is -0.830. The van der Waals surface area contributed by atoms with Gasteiger partial charge in [-0.2, -0.15) is 0 Å². The van der Waals surface area contributed by atoms with E-state index in [0.717, 1.165) is 23.6 Å². The van der Waals surface area contributed by atoms with Crippen LogP contribution in [-0.4, -0.2) is 6.54 Å². The monoisotopic (exact) mass is 293 g/mol. The van der Waals surface area contributed by atoms with Crippen molar-refractivity contribution in [2.75, 3.05) is 6.54 Å². The Kier molecular flexibility index (Phi) is 5.03. The second-order valence-corrected chi connectivity index (χ2v) is 6.23. The number of hydrogen-bond donors (Lipinski definition) is 1. The second-order valence-electron chi connectivity index (χ2n) is 4.70. The minimum absolute atomic E-state index is 0.452. The molecule has 1 aromatic carbocycles. The van der Waals surface area contributed by atoms with Gasteiger partial charge in [-0.15, -0.1) is 11.3 Å². The number of benzene rings is 1.